The molecule has 0 aliphatic rings. The van der Waals surface area contributed by atoms with Gasteiger partial charge >= 0.3 is 5.69 Å². The Hall–Kier alpha value is -1.37. The molecule has 0 atom stereocenters. The fourth-order valence-electron chi connectivity index (χ4n) is 0.647. The fourth-order valence-corrected chi connectivity index (χ4v) is 1.36. The van der Waals surface area contributed by atoms with Crippen LogP contribution in [0.2, 0.25) is 0 Å². The molecule has 1 heterocycles. The Bertz CT molecular complexity index is 483. The second-order valence-electron chi connectivity index (χ2n) is 3.95. The topological polar surface area (TPSA) is 95.7 Å². The van der Waals surface area contributed by atoms with Gasteiger partial charge in [0.2, 0.25) is 5.12 Å². The average molecular weight is 229 g/mol. The number of hydrogen-bond acceptors (Lipinski definition) is 5. The number of rotatable bonds is 1. The Morgan fingerprint density at radius 2 is 1.93 bits per heavy atom. The summed E-state index contributed by atoms with van der Waals surface area (Å²) in [6, 6.07) is 0. The number of nitrogens with one attached hydrogen (secondary N) is 2. The maximum atomic E-state index is 11.5. The van der Waals surface area contributed by atoms with E-state index in [9.17, 15) is 14.4 Å². The maximum Gasteiger partial charge on any atom is 0.342 e. The molecule has 0 aromatic carbocycles. The van der Waals surface area contributed by atoms with E-state index in [1.165, 1.54) is 0 Å². The summed E-state index contributed by atoms with van der Waals surface area (Å²) in [5.74, 6) is 0. The summed E-state index contributed by atoms with van der Waals surface area (Å²) in [7, 11) is 0. The van der Waals surface area contributed by atoms with Gasteiger partial charge in [-0.3, -0.25) is 14.6 Å². The molecule has 0 bridgehead atoms. The second kappa shape index (κ2) is 4.01. The van der Waals surface area contributed by atoms with Gasteiger partial charge in [-0.25, -0.2) is 9.89 Å². The molecule has 0 fully saturated rings. The number of aromatic nitrogens is 3. The molecule has 0 radical (unpaired) electrons. The van der Waals surface area contributed by atoms with Gasteiger partial charge in [0.05, 0.1) is 0 Å². The molecule has 7 heteroatoms. The first kappa shape index (κ1) is 11.7. The lowest BCUT2D eigenvalue weighted by Gasteiger charge is -2.14. The van der Waals surface area contributed by atoms with Crippen molar-refractivity contribution in [2.24, 2.45) is 5.41 Å². The minimum Gasteiger partial charge on any atom is -0.286 e. The molecule has 0 saturated heterocycles. The lowest BCUT2D eigenvalue weighted by Crippen LogP contribution is -2.26. The Morgan fingerprint density at radius 1 is 1.33 bits per heavy atom. The molecule has 0 amide bonds. The van der Waals surface area contributed by atoms with E-state index in [4.69, 9.17) is 0 Å². The van der Waals surface area contributed by atoms with E-state index in [-0.39, 0.29) is 10.1 Å². The summed E-state index contributed by atoms with van der Waals surface area (Å²) in [6.07, 6.45) is 0. The van der Waals surface area contributed by atoms with Crippen molar-refractivity contribution < 1.29 is 4.79 Å². The van der Waals surface area contributed by atoms with E-state index < -0.39 is 16.7 Å². The highest BCUT2D eigenvalue weighted by Crippen LogP contribution is 2.25. The number of carbonyl (C=O) groups is 1. The second-order valence-corrected chi connectivity index (χ2v) is 4.91. The molecule has 2 N–H and O–H groups in total. The lowest BCUT2D eigenvalue weighted by molar-refractivity contribution is -0.117. The van der Waals surface area contributed by atoms with E-state index >= 15 is 0 Å². The van der Waals surface area contributed by atoms with Gasteiger partial charge in [0.25, 0.3) is 5.56 Å². The minimum atomic E-state index is -0.687. The monoisotopic (exact) mass is 229 g/mol. The smallest absolute Gasteiger partial charge is 0.286 e. The molecule has 6 nitrogen and oxygen atoms in total. The van der Waals surface area contributed by atoms with E-state index in [1.807, 2.05) is 4.98 Å². The third-order valence-corrected chi connectivity index (χ3v) is 2.75. The summed E-state index contributed by atoms with van der Waals surface area (Å²) >= 11 is 0.722. The zero-order valence-corrected chi connectivity index (χ0v) is 9.40. The van der Waals surface area contributed by atoms with Crippen molar-refractivity contribution in [3.63, 3.8) is 0 Å². The quantitative estimate of drug-likeness (QED) is 0.667. The molecule has 0 saturated carbocycles. The van der Waals surface area contributed by atoms with Gasteiger partial charge in [-0.15, -0.1) is 0 Å². The van der Waals surface area contributed by atoms with E-state index in [1.54, 1.807) is 20.8 Å². The lowest BCUT2D eigenvalue weighted by atomic mass is 10.00. The molecule has 15 heavy (non-hydrogen) atoms. The highest BCUT2D eigenvalue weighted by atomic mass is 32.2. The molecule has 0 aliphatic carbocycles. The SMILES string of the molecule is CC(C)(C)C(=O)Sc1n[nH]c(=O)[nH]c1=O. The Kier molecular flexibility index (Phi) is 3.13. The zero-order valence-electron chi connectivity index (χ0n) is 8.58. The van der Waals surface area contributed by atoms with Crippen LogP contribution >= 0.6 is 11.8 Å². The van der Waals surface area contributed by atoms with Crippen LogP contribution in [-0.4, -0.2) is 20.3 Å². The van der Waals surface area contributed by atoms with Crippen molar-refractivity contribution in [3.8, 4) is 0 Å². The van der Waals surface area contributed by atoms with Crippen LogP contribution in [0, 0.1) is 5.41 Å². The largest absolute Gasteiger partial charge is 0.342 e. The normalized spacial score (nSPS) is 11.4. The van der Waals surface area contributed by atoms with Crippen LogP contribution < -0.4 is 11.2 Å². The van der Waals surface area contributed by atoms with Gasteiger partial charge in [-0.05, 0) is 11.8 Å². The Balaban J connectivity index is 2.97. The van der Waals surface area contributed by atoms with Crippen molar-refractivity contribution in [2.45, 2.75) is 25.8 Å². The van der Waals surface area contributed by atoms with Crippen molar-refractivity contribution in [1.29, 1.82) is 0 Å². The van der Waals surface area contributed by atoms with Crippen LogP contribution in [0.4, 0.5) is 0 Å². The predicted molar refractivity (Wildman–Crippen MR) is 55.8 cm³/mol. The van der Waals surface area contributed by atoms with Crippen molar-refractivity contribution in [2.75, 3.05) is 0 Å². The van der Waals surface area contributed by atoms with Crippen molar-refractivity contribution >= 4 is 16.9 Å². The van der Waals surface area contributed by atoms with Crippen LogP contribution in [0.1, 0.15) is 20.8 Å². The number of carbonyl (C=O) groups excluding carboxylic acids is 1. The third-order valence-electron chi connectivity index (χ3n) is 1.48. The summed E-state index contributed by atoms with van der Waals surface area (Å²) < 4.78 is 0. The highest BCUT2D eigenvalue weighted by Gasteiger charge is 2.24. The van der Waals surface area contributed by atoms with E-state index in [0.29, 0.717) is 0 Å². The Morgan fingerprint density at radius 3 is 2.40 bits per heavy atom. The van der Waals surface area contributed by atoms with Crippen LogP contribution in [0.5, 0.6) is 0 Å². The molecule has 0 unspecified atom stereocenters. The van der Waals surface area contributed by atoms with Crippen LogP contribution in [0.3, 0.4) is 0 Å². The average Bonchev–Trinajstić information content (AvgIpc) is 2.08. The summed E-state index contributed by atoms with van der Waals surface area (Å²) in [6.45, 7) is 5.21. The standard InChI is InChI=1S/C8H11N3O3S/c1-8(2,3)6(13)15-5-4(12)9-7(14)11-10-5/h1-3H3,(H2,9,11,12,14). The summed E-state index contributed by atoms with van der Waals surface area (Å²) in [4.78, 5) is 35.4. The van der Waals surface area contributed by atoms with Crippen LogP contribution in [-0.2, 0) is 4.79 Å². The molecular weight excluding hydrogens is 218 g/mol. The first-order chi connectivity index (χ1) is 6.80. The van der Waals surface area contributed by atoms with Crippen molar-refractivity contribution in [3.05, 3.63) is 20.8 Å². The molecule has 0 spiro atoms. The third kappa shape index (κ3) is 3.05. The highest BCUT2D eigenvalue weighted by molar-refractivity contribution is 8.13. The molecule has 0 aliphatic heterocycles. The minimum absolute atomic E-state index is 0.0467. The number of nitrogens with zero attached hydrogens (tertiary/aromatic N) is 1. The molecule has 1 aromatic rings. The summed E-state index contributed by atoms with van der Waals surface area (Å²) in [5.41, 5.74) is -1.90. The van der Waals surface area contributed by atoms with Gasteiger partial charge in [0.15, 0.2) is 5.03 Å². The van der Waals surface area contributed by atoms with Crippen LogP contribution in [0.15, 0.2) is 14.6 Å². The molecule has 82 valence electrons. The van der Waals surface area contributed by atoms with Gasteiger partial charge in [-0.2, -0.15) is 5.10 Å². The molecule has 1 rings (SSSR count). The van der Waals surface area contributed by atoms with E-state index in [2.05, 4.69) is 10.2 Å². The van der Waals surface area contributed by atoms with Crippen molar-refractivity contribution in [1.82, 2.24) is 15.2 Å². The van der Waals surface area contributed by atoms with Gasteiger partial charge < -0.3 is 0 Å². The van der Waals surface area contributed by atoms with Crippen LogP contribution in [0.25, 0.3) is 0 Å². The number of aromatic amines is 2. The Labute approximate surface area is 89.5 Å². The van der Waals surface area contributed by atoms with E-state index in [0.717, 1.165) is 11.8 Å². The number of thioether (sulfide) groups is 1. The first-order valence-electron chi connectivity index (χ1n) is 4.22. The zero-order chi connectivity index (χ0) is 11.6. The first-order valence-corrected chi connectivity index (χ1v) is 5.03. The summed E-state index contributed by atoms with van der Waals surface area (Å²) in [5, 5.41) is 5.32. The maximum absolute atomic E-state index is 11.5. The predicted octanol–water partition coefficient (Wildman–Crippen LogP) is 0.123. The molecule has 1 aromatic heterocycles. The van der Waals surface area contributed by atoms with Gasteiger partial charge in [0, 0.05) is 5.41 Å². The van der Waals surface area contributed by atoms with Gasteiger partial charge in [-0.1, -0.05) is 20.8 Å². The number of H-pyrrole nitrogens is 2. The number of hydrogen-bond donors (Lipinski definition) is 2. The fraction of sp³-hybridized carbons (Fsp3) is 0.500. The molecular formula is C8H11N3O3S. The van der Waals surface area contributed by atoms with Gasteiger partial charge in [0.1, 0.15) is 0 Å².